The van der Waals surface area contributed by atoms with E-state index in [0.29, 0.717) is 12.1 Å². The average Bonchev–Trinajstić information content (AvgIpc) is 3.22. The Morgan fingerprint density at radius 1 is 0.943 bits per heavy atom. The number of hydrogen-bond acceptors (Lipinski definition) is 2. The van der Waals surface area contributed by atoms with Crippen molar-refractivity contribution in [3.05, 3.63) is 102 Å². The molecule has 1 N–H and O–H groups in total. The Hall–Kier alpha value is -3.93. The number of rotatable bonds is 8. The summed E-state index contributed by atoms with van der Waals surface area (Å²) >= 11 is 0. The third kappa shape index (κ3) is 5.60. The van der Waals surface area contributed by atoms with Gasteiger partial charge in [-0.15, -0.1) is 0 Å². The van der Waals surface area contributed by atoms with Crippen molar-refractivity contribution in [2.24, 2.45) is 0 Å². The molecule has 35 heavy (non-hydrogen) atoms. The minimum atomic E-state index is -0.765. The minimum absolute atomic E-state index is 0.166. The van der Waals surface area contributed by atoms with E-state index in [9.17, 15) is 14.0 Å². The Morgan fingerprint density at radius 2 is 1.60 bits per heavy atom. The van der Waals surface area contributed by atoms with Crippen molar-refractivity contribution in [2.45, 2.75) is 38.8 Å². The Kier molecular flexibility index (Phi) is 7.30. The smallest absolute Gasteiger partial charge is 0.249 e. The number of amides is 2. The van der Waals surface area contributed by atoms with Gasteiger partial charge in [-0.1, -0.05) is 48.5 Å². The second-order valence-corrected chi connectivity index (χ2v) is 9.03. The molecule has 5 nitrogen and oxygen atoms in total. The summed E-state index contributed by atoms with van der Waals surface area (Å²) < 4.78 is 15.5. The maximum Gasteiger partial charge on any atom is 0.249 e. The first kappa shape index (κ1) is 24.2. The molecular weight excluding hydrogens is 441 g/mol. The van der Waals surface area contributed by atoms with Crippen LogP contribution in [0.25, 0.3) is 10.9 Å². The molecule has 0 aliphatic rings. The summed E-state index contributed by atoms with van der Waals surface area (Å²) in [5.74, 6) is -0.860. The molecule has 4 aromatic rings. The molecule has 0 aliphatic heterocycles. The fourth-order valence-corrected chi connectivity index (χ4v) is 4.34. The zero-order valence-electron chi connectivity index (χ0n) is 20.2. The molecule has 0 unspecified atom stereocenters. The van der Waals surface area contributed by atoms with Gasteiger partial charge >= 0.3 is 0 Å². The highest BCUT2D eigenvalue weighted by Gasteiger charge is 2.26. The van der Waals surface area contributed by atoms with E-state index in [1.54, 1.807) is 19.2 Å². The number of nitrogens with zero attached hydrogens (tertiary/aromatic N) is 2. The number of benzene rings is 3. The zero-order chi connectivity index (χ0) is 24.9. The number of carbonyl (C=O) groups is 2. The van der Waals surface area contributed by atoms with Crippen molar-refractivity contribution in [3.8, 4) is 0 Å². The number of para-hydroxylation sites is 1. The number of nitrogens with one attached hydrogen (secondary N) is 1. The third-order valence-corrected chi connectivity index (χ3v) is 6.19. The second kappa shape index (κ2) is 10.6. The van der Waals surface area contributed by atoms with E-state index in [4.69, 9.17) is 0 Å². The SMILES string of the molecule is CC(C)n1cc(CC(=O)N[C@@H](Cc2ccccc2)C(=O)N(C)c2ccc(F)cc2)c2ccccc21. The molecule has 0 bridgehead atoms. The number of likely N-dealkylation sites (N-methyl/N-ethyl adjacent to an activating group) is 1. The number of halogens is 1. The van der Waals surface area contributed by atoms with Gasteiger partial charge in [-0.3, -0.25) is 9.59 Å². The lowest BCUT2D eigenvalue weighted by Gasteiger charge is -2.25. The number of anilines is 1. The van der Waals surface area contributed by atoms with Crippen LogP contribution in [0.1, 0.15) is 31.0 Å². The van der Waals surface area contributed by atoms with E-state index in [1.807, 2.05) is 54.7 Å². The standard InChI is InChI=1S/C29H30FN3O2/c1-20(2)33-19-22(25-11-7-8-12-27(25)33)18-28(34)31-26(17-21-9-5-4-6-10-21)29(35)32(3)24-15-13-23(30)14-16-24/h4-16,19-20,26H,17-18H2,1-3H3,(H,31,34)/t26-/m0/s1. The van der Waals surface area contributed by atoms with Gasteiger partial charge in [0.05, 0.1) is 6.42 Å². The molecule has 6 heteroatoms. The molecule has 180 valence electrons. The Labute approximate surface area is 205 Å². The van der Waals surface area contributed by atoms with Crippen molar-refractivity contribution in [3.63, 3.8) is 0 Å². The number of hydrogen-bond donors (Lipinski definition) is 1. The maximum atomic E-state index is 13.4. The van der Waals surface area contributed by atoms with Gasteiger partial charge in [0.1, 0.15) is 11.9 Å². The molecule has 0 saturated carbocycles. The first-order valence-electron chi connectivity index (χ1n) is 11.8. The molecule has 0 saturated heterocycles. The first-order chi connectivity index (χ1) is 16.8. The van der Waals surface area contributed by atoms with Crippen molar-refractivity contribution in [2.75, 3.05) is 11.9 Å². The molecule has 0 fully saturated rings. The molecule has 2 amide bonds. The van der Waals surface area contributed by atoms with Crippen LogP contribution < -0.4 is 10.2 Å². The van der Waals surface area contributed by atoms with Gasteiger partial charge in [-0.05, 0) is 55.3 Å². The summed E-state index contributed by atoms with van der Waals surface area (Å²) in [5.41, 5.74) is 3.50. The van der Waals surface area contributed by atoms with Crippen LogP contribution in [-0.2, 0) is 22.4 Å². The van der Waals surface area contributed by atoms with E-state index in [1.165, 1.54) is 17.0 Å². The van der Waals surface area contributed by atoms with Crippen molar-refractivity contribution >= 4 is 28.4 Å². The van der Waals surface area contributed by atoms with Crippen molar-refractivity contribution < 1.29 is 14.0 Å². The van der Waals surface area contributed by atoms with Crippen LogP contribution in [0, 0.1) is 5.82 Å². The predicted octanol–water partition coefficient (Wildman–Crippen LogP) is 5.29. The molecule has 1 aromatic heterocycles. The van der Waals surface area contributed by atoms with Crippen LogP contribution in [0.4, 0.5) is 10.1 Å². The molecule has 0 aliphatic carbocycles. The topological polar surface area (TPSA) is 54.3 Å². The van der Waals surface area contributed by atoms with Crippen molar-refractivity contribution in [1.82, 2.24) is 9.88 Å². The summed E-state index contributed by atoms with van der Waals surface area (Å²) in [6.45, 7) is 4.21. The van der Waals surface area contributed by atoms with Gasteiger partial charge < -0.3 is 14.8 Å². The quantitative estimate of drug-likeness (QED) is 0.379. The zero-order valence-corrected chi connectivity index (χ0v) is 20.2. The largest absolute Gasteiger partial charge is 0.345 e. The van der Waals surface area contributed by atoms with E-state index < -0.39 is 6.04 Å². The molecule has 1 atom stereocenters. The molecule has 3 aromatic carbocycles. The fraction of sp³-hybridized carbons (Fsp3) is 0.241. The Balaban J connectivity index is 1.57. The lowest BCUT2D eigenvalue weighted by molar-refractivity contribution is -0.127. The highest BCUT2D eigenvalue weighted by Crippen LogP contribution is 2.25. The summed E-state index contributed by atoms with van der Waals surface area (Å²) in [7, 11) is 1.63. The Bertz CT molecular complexity index is 1310. The van der Waals surface area contributed by atoms with Crippen LogP contribution in [0.5, 0.6) is 0 Å². The van der Waals surface area contributed by atoms with Crippen LogP contribution in [0.2, 0.25) is 0 Å². The highest BCUT2D eigenvalue weighted by molar-refractivity contribution is 5.99. The normalized spacial score (nSPS) is 12.0. The van der Waals surface area contributed by atoms with Gasteiger partial charge in [0.25, 0.3) is 0 Å². The van der Waals surface area contributed by atoms with Crippen LogP contribution >= 0.6 is 0 Å². The third-order valence-electron chi connectivity index (χ3n) is 6.19. The summed E-state index contributed by atoms with van der Waals surface area (Å²) in [6, 6.07) is 22.8. The highest BCUT2D eigenvalue weighted by atomic mass is 19.1. The first-order valence-corrected chi connectivity index (χ1v) is 11.8. The average molecular weight is 472 g/mol. The van der Waals surface area contributed by atoms with E-state index in [0.717, 1.165) is 22.0 Å². The van der Waals surface area contributed by atoms with E-state index >= 15 is 0 Å². The monoisotopic (exact) mass is 471 g/mol. The molecule has 4 rings (SSSR count). The number of fused-ring (bicyclic) bond motifs is 1. The van der Waals surface area contributed by atoms with Crippen LogP contribution in [0.15, 0.2) is 85.1 Å². The van der Waals surface area contributed by atoms with Gasteiger partial charge in [-0.2, -0.15) is 0 Å². The number of carbonyl (C=O) groups excluding carboxylic acids is 2. The van der Waals surface area contributed by atoms with E-state index in [-0.39, 0.29) is 30.1 Å². The summed E-state index contributed by atoms with van der Waals surface area (Å²) in [4.78, 5) is 28.1. The Morgan fingerprint density at radius 3 is 2.29 bits per heavy atom. The minimum Gasteiger partial charge on any atom is -0.345 e. The van der Waals surface area contributed by atoms with Crippen LogP contribution in [0.3, 0.4) is 0 Å². The fourth-order valence-electron chi connectivity index (χ4n) is 4.34. The van der Waals surface area contributed by atoms with Gasteiger partial charge in [0, 0.05) is 42.3 Å². The van der Waals surface area contributed by atoms with Gasteiger partial charge in [0.2, 0.25) is 11.8 Å². The molecular formula is C29H30FN3O2. The molecule has 0 radical (unpaired) electrons. The molecule has 0 spiro atoms. The summed E-state index contributed by atoms with van der Waals surface area (Å²) in [6.07, 6.45) is 2.54. The lowest BCUT2D eigenvalue weighted by atomic mass is 10.0. The maximum absolute atomic E-state index is 13.4. The van der Waals surface area contributed by atoms with Crippen molar-refractivity contribution in [1.29, 1.82) is 0 Å². The summed E-state index contributed by atoms with van der Waals surface area (Å²) in [5, 5.41) is 4.00. The predicted molar refractivity (Wildman–Crippen MR) is 138 cm³/mol. The molecule has 1 heterocycles. The van der Waals surface area contributed by atoms with Crippen LogP contribution in [-0.4, -0.2) is 29.5 Å². The van der Waals surface area contributed by atoms with Gasteiger partial charge in [0.15, 0.2) is 0 Å². The second-order valence-electron chi connectivity index (χ2n) is 9.03. The van der Waals surface area contributed by atoms with Gasteiger partial charge in [-0.25, -0.2) is 4.39 Å². The lowest BCUT2D eigenvalue weighted by Crippen LogP contribution is -2.49. The van der Waals surface area contributed by atoms with E-state index in [2.05, 4.69) is 29.8 Å². The number of aromatic nitrogens is 1.